The Bertz CT molecular complexity index is 1130. The van der Waals surface area contributed by atoms with Crippen LogP contribution in [-0.2, 0) is 29.2 Å². The number of thiophene rings is 1. The average molecular weight is 496 g/mol. The third-order valence-electron chi connectivity index (χ3n) is 5.85. The number of aromatic nitrogens is 2. The highest BCUT2D eigenvalue weighted by atomic mass is 32.1. The maximum atomic E-state index is 10.6. The zero-order valence-electron chi connectivity index (χ0n) is 18.4. The van der Waals surface area contributed by atoms with E-state index in [1.807, 2.05) is 29.7 Å². The minimum absolute atomic E-state index is 0.113. The van der Waals surface area contributed by atoms with Gasteiger partial charge in [-0.15, -0.1) is 11.3 Å². The number of hydrogen-bond acceptors (Lipinski definition) is 6. The summed E-state index contributed by atoms with van der Waals surface area (Å²) in [6.45, 7) is 4.51. The Morgan fingerprint density at radius 3 is 2.76 bits per heavy atom. The number of fused-ring (bicyclic) bond motifs is 1. The van der Waals surface area contributed by atoms with Gasteiger partial charge in [-0.3, -0.25) is 4.90 Å². The van der Waals surface area contributed by atoms with Gasteiger partial charge < -0.3 is 19.1 Å². The van der Waals surface area contributed by atoms with Crippen molar-refractivity contribution in [1.82, 2.24) is 14.5 Å². The molecule has 3 aromatic rings. The minimum Gasteiger partial charge on any atom is -0.497 e. The van der Waals surface area contributed by atoms with Gasteiger partial charge in [0.05, 0.1) is 25.5 Å². The molecule has 0 aliphatic carbocycles. The molecule has 4 heterocycles. The predicted octanol–water partition coefficient (Wildman–Crippen LogP) is 4.43. The van der Waals surface area contributed by atoms with Crippen molar-refractivity contribution in [3.05, 3.63) is 58.7 Å². The van der Waals surface area contributed by atoms with E-state index in [1.54, 1.807) is 7.11 Å². The number of carbonyl (C=O) groups is 1. The Morgan fingerprint density at radius 2 is 2.09 bits per heavy atom. The van der Waals surface area contributed by atoms with Crippen LogP contribution >= 0.6 is 11.3 Å². The molecule has 0 amide bonds. The number of ether oxygens (including phenoxy) is 2. The number of benzene rings is 1. The fourth-order valence-electron chi connectivity index (χ4n) is 4.20. The molecule has 5 rings (SSSR count). The Kier molecular flexibility index (Phi) is 6.96. The number of methoxy groups -OCH3 is 1. The Morgan fingerprint density at radius 1 is 1.29 bits per heavy atom. The number of halogens is 3. The molecule has 2 aromatic heterocycles. The first-order valence-electron chi connectivity index (χ1n) is 10.6. The molecule has 11 heteroatoms. The van der Waals surface area contributed by atoms with Gasteiger partial charge in [-0.1, -0.05) is 18.2 Å². The van der Waals surface area contributed by atoms with E-state index in [0.29, 0.717) is 6.61 Å². The number of hydrogen-bond donors (Lipinski definition) is 1. The highest BCUT2D eigenvalue weighted by Crippen LogP contribution is 2.36. The Hall–Kier alpha value is -2.89. The number of rotatable bonds is 4. The number of nitrogens with zero attached hydrogens (tertiary/aromatic N) is 3. The van der Waals surface area contributed by atoms with Gasteiger partial charge in [-0.05, 0) is 30.0 Å². The second-order valence-electron chi connectivity index (χ2n) is 8.19. The smallest absolute Gasteiger partial charge is 0.490 e. The molecule has 34 heavy (non-hydrogen) atoms. The van der Waals surface area contributed by atoms with Crippen molar-refractivity contribution in [2.75, 3.05) is 20.2 Å². The van der Waals surface area contributed by atoms with Gasteiger partial charge in [0, 0.05) is 30.1 Å². The first-order chi connectivity index (χ1) is 16.2. The molecule has 1 aromatic carbocycles. The van der Waals surface area contributed by atoms with E-state index < -0.39 is 12.1 Å². The van der Waals surface area contributed by atoms with Gasteiger partial charge in [0.15, 0.2) is 0 Å². The molecule has 1 spiro atoms. The Balaban J connectivity index is 0.000000344. The Labute approximate surface area is 198 Å². The highest BCUT2D eigenvalue weighted by molar-refractivity contribution is 7.09. The van der Waals surface area contributed by atoms with E-state index in [-0.39, 0.29) is 5.60 Å². The molecule has 0 saturated carbocycles. The molecule has 1 saturated heterocycles. The third kappa shape index (κ3) is 5.43. The number of carboxylic acids is 1. The number of alkyl halides is 3. The van der Waals surface area contributed by atoms with Crippen molar-refractivity contribution in [1.29, 1.82) is 0 Å². The maximum absolute atomic E-state index is 10.6. The van der Waals surface area contributed by atoms with E-state index in [9.17, 15) is 13.2 Å². The molecule has 2 aliphatic rings. The van der Waals surface area contributed by atoms with E-state index in [0.717, 1.165) is 55.4 Å². The summed E-state index contributed by atoms with van der Waals surface area (Å²) in [4.78, 5) is 17.4. The SMILES string of the molecule is COc1cccc(-c2cnc3n2CC2(CCN(Cc4cccs4)C2)OC3)c1.O=C(O)C(F)(F)F. The molecule has 2 aliphatic heterocycles. The fraction of sp³-hybridized carbons (Fsp3) is 0.391. The largest absolute Gasteiger partial charge is 0.497 e. The fourth-order valence-corrected chi connectivity index (χ4v) is 4.95. The van der Waals surface area contributed by atoms with Crippen molar-refractivity contribution >= 4 is 17.3 Å². The van der Waals surface area contributed by atoms with Crippen LogP contribution in [0.1, 0.15) is 17.1 Å². The summed E-state index contributed by atoms with van der Waals surface area (Å²) in [7, 11) is 1.70. The average Bonchev–Trinajstić information content (AvgIpc) is 3.55. The number of imidazole rings is 1. The van der Waals surface area contributed by atoms with Gasteiger partial charge in [0.2, 0.25) is 0 Å². The summed E-state index contributed by atoms with van der Waals surface area (Å²) in [6.07, 6.45) is -2.06. The lowest BCUT2D eigenvalue weighted by Gasteiger charge is -2.35. The normalized spacial score (nSPS) is 20.0. The topological polar surface area (TPSA) is 76.8 Å². The van der Waals surface area contributed by atoms with E-state index in [4.69, 9.17) is 19.4 Å². The number of carboxylic acid groups (broad SMARTS) is 1. The van der Waals surface area contributed by atoms with Crippen molar-refractivity contribution < 1.29 is 32.5 Å². The summed E-state index contributed by atoms with van der Waals surface area (Å²) < 4.78 is 45.8. The lowest BCUT2D eigenvalue weighted by Crippen LogP contribution is -2.44. The third-order valence-corrected chi connectivity index (χ3v) is 6.72. The molecule has 1 fully saturated rings. The second kappa shape index (κ2) is 9.77. The van der Waals surface area contributed by atoms with Crippen molar-refractivity contribution in [2.45, 2.75) is 37.9 Å². The van der Waals surface area contributed by atoms with E-state index in [2.05, 4.69) is 44.1 Å². The lowest BCUT2D eigenvalue weighted by molar-refractivity contribution is -0.192. The van der Waals surface area contributed by atoms with Crippen LogP contribution in [0.15, 0.2) is 48.0 Å². The molecule has 0 radical (unpaired) electrons. The van der Waals surface area contributed by atoms with Crippen molar-refractivity contribution in [3.8, 4) is 17.0 Å². The molecule has 0 bridgehead atoms. The minimum atomic E-state index is -5.08. The van der Waals surface area contributed by atoms with Crippen LogP contribution in [-0.4, -0.2) is 57.5 Å². The molecule has 1 N–H and O–H groups in total. The van der Waals surface area contributed by atoms with Gasteiger partial charge in [0.1, 0.15) is 23.8 Å². The van der Waals surface area contributed by atoms with Gasteiger partial charge in [-0.2, -0.15) is 13.2 Å². The first kappa shape index (κ1) is 24.2. The summed E-state index contributed by atoms with van der Waals surface area (Å²) in [5.41, 5.74) is 2.17. The molecule has 1 atom stereocenters. The second-order valence-corrected chi connectivity index (χ2v) is 9.22. The van der Waals surface area contributed by atoms with Crippen molar-refractivity contribution in [3.63, 3.8) is 0 Å². The summed E-state index contributed by atoms with van der Waals surface area (Å²) in [5, 5.41) is 9.27. The predicted molar refractivity (Wildman–Crippen MR) is 120 cm³/mol. The van der Waals surface area contributed by atoms with Crippen LogP contribution in [0.25, 0.3) is 11.3 Å². The number of likely N-dealkylation sites (tertiary alicyclic amines) is 1. The highest BCUT2D eigenvalue weighted by Gasteiger charge is 2.43. The van der Waals surface area contributed by atoms with Crippen LogP contribution in [0.3, 0.4) is 0 Å². The van der Waals surface area contributed by atoms with E-state index in [1.165, 1.54) is 4.88 Å². The summed E-state index contributed by atoms with van der Waals surface area (Å²) in [5.74, 6) is -0.879. The summed E-state index contributed by atoms with van der Waals surface area (Å²) >= 11 is 1.83. The number of aliphatic carboxylic acids is 1. The van der Waals surface area contributed by atoms with Gasteiger partial charge in [-0.25, -0.2) is 9.78 Å². The van der Waals surface area contributed by atoms with Gasteiger partial charge >= 0.3 is 12.1 Å². The monoisotopic (exact) mass is 495 g/mol. The maximum Gasteiger partial charge on any atom is 0.490 e. The van der Waals surface area contributed by atoms with Crippen LogP contribution < -0.4 is 4.74 Å². The van der Waals surface area contributed by atoms with Crippen molar-refractivity contribution in [2.24, 2.45) is 0 Å². The van der Waals surface area contributed by atoms with Crippen LogP contribution in [0.4, 0.5) is 13.2 Å². The first-order valence-corrected chi connectivity index (χ1v) is 11.4. The molecule has 182 valence electrons. The zero-order valence-corrected chi connectivity index (χ0v) is 19.2. The molecule has 7 nitrogen and oxygen atoms in total. The van der Waals surface area contributed by atoms with Crippen LogP contribution in [0.2, 0.25) is 0 Å². The quantitative estimate of drug-likeness (QED) is 0.577. The van der Waals surface area contributed by atoms with E-state index >= 15 is 0 Å². The standard InChI is InChI=1S/C21H23N3O2S.C2HF3O2/c1-25-17-5-2-4-16(10-17)19-11-22-20-13-26-21(15-24(19)20)7-8-23(14-21)12-18-6-3-9-27-18;3-2(4,5)1(6)7/h2-6,9-11H,7-8,12-15H2,1H3;(H,6,7). The van der Waals surface area contributed by atoms with Crippen LogP contribution in [0, 0.1) is 0 Å². The molecular weight excluding hydrogens is 471 g/mol. The molecule has 1 unspecified atom stereocenters. The summed E-state index contributed by atoms with van der Waals surface area (Å²) in [6, 6.07) is 12.5. The van der Waals surface area contributed by atoms with Gasteiger partial charge in [0.25, 0.3) is 0 Å². The zero-order chi connectivity index (χ0) is 24.3. The lowest BCUT2D eigenvalue weighted by atomic mass is 10.0. The molecular formula is C23H24F3N3O4S. The van der Waals surface area contributed by atoms with Crippen LogP contribution in [0.5, 0.6) is 5.75 Å².